The molecule has 0 radical (unpaired) electrons. The van der Waals surface area contributed by atoms with Crippen LogP contribution in [-0.4, -0.2) is 13.4 Å². The normalized spacial score (nSPS) is 13.0. The minimum atomic E-state index is -0.239. The van der Waals surface area contributed by atoms with Crippen molar-refractivity contribution in [3.63, 3.8) is 0 Å². The van der Waals surface area contributed by atoms with Crippen LogP contribution < -0.4 is 62.0 Å². The van der Waals surface area contributed by atoms with Gasteiger partial charge in [0.1, 0.15) is 11.5 Å². The van der Waals surface area contributed by atoms with Gasteiger partial charge in [-0.05, 0) is 166 Å². The van der Waals surface area contributed by atoms with Crippen molar-refractivity contribution in [2.75, 3.05) is 24.5 Å². The molecule has 0 fully saturated rings. The summed E-state index contributed by atoms with van der Waals surface area (Å²) in [4.78, 5) is 12.7. The van der Waals surface area contributed by atoms with E-state index in [1.165, 1.54) is 62.2 Å². The number of benzene rings is 15. The number of hydrogen-bond acceptors (Lipinski definition) is 8. The molecule has 0 saturated heterocycles. The third-order valence-corrected chi connectivity index (χ3v) is 23.1. The predicted octanol–water partition coefficient (Wildman–Crippen LogP) is 21.5. The molecule has 466 valence electrons. The number of rotatable bonds is 10. The summed E-state index contributed by atoms with van der Waals surface area (Å²) in [5.41, 5.74) is 25.6. The average Bonchev–Trinajstić information content (AvgIpc) is 1.06. The van der Waals surface area contributed by atoms with Crippen molar-refractivity contribution in [1.82, 2.24) is 0 Å². The fourth-order valence-electron chi connectivity index (χ4n) is 16.8. The monoisotopic (exact) mass is 1310 g/mol. The van der Waals surface area contributed by atoms with Gasteiger partial charge in [0.2, 0.25) is 0 Å². The van der Waals surface area contributed by atoms with E-state index in [9.17, 15) is 0 Å². The van der Waals surface area contributed by atoms with Crippen molar-refractivity contribution >= 4 is 195 Å². The first kappa shape index (κ1) is 56.8. The highest BCUT2D eigenvalue weighted by Gasteiger charge is 2.49. The number of nitrogens with zero attached hydrogens (tertiary/aromatic N) is 5. The summed E-state index contributed by atoms with van der Waals surface area (Å²) >= 11 is 3.71. The van der Waals surface area contributed by atoms with Gasteiger partial charge in [0.25, 0.3) is 13.4 Å². The lowest BCUT2D eigenvalue weighted by molar-refractivity contribution is 0.487. The molecule has 0 saturated carbocycles. The third-order valence-electron chi connectivity index (χ3n) is 20.8. The van der Waals surface area contributed by atoms with E-state index in [1.807, 2.05) is 22.7 Å². The first-order chi connectivity index (χ1) is 49.6. The van der Waals surface area contributed by atoms with Gasteiger partial charge in [-0.25, -0.2) is 0 Å². The smallest absolute Gasteiger partial charge is 0.256 e. The van der Waals surface area contributed by atoms with E-state index in [0.29, 0.717) is 0 Å². The van der Waals surface area contributed by atoms with E-state index >= 15 is 0 Å². The molecule has 4 aliphatic rings. The van der Waals surface area contributed by atoms with Crippen LogP contribution in [0.15, 0.2) is 346 Å². The predicted molar refractivity (Wildman–Crippen MR) is 427 cm³/mol. The Kier molecular flexibility index (Phi) is 12.9. The van der Waals surface area contributed by atoms with Crippen LogP contribution >= 0.6 is 22.7 Å². The molecule has 0 aliphatic carbocycles. The fourth-order valence-corrected chi connectivity index (χ4v) is 19.0. The molecular formula is C90H57B2N5OS2. The summed E-state index contributed by atoms with van der Waals surface area (Å²) in [6, 6.07) is 128. The molecule has 6 nitrogen and oxygen atoms in total. The quantitative estimate of drug-likeness (QED) is 0.127. The van der Waals surface area contributed by atoms with Gasteiger partial charge in [-0.15, -0.1) is 22.7 Å². The molecule has 15 aromatic carbocycles. The maximum absolute atomic E-state index is 7.52. The highest BCUT2D eigenvalue weighted by Crippen LogP contribution is 2.55. The molecule has 100 heavy (non-hydrogen) atoms. The van der Waals surface area contributed by atoms with Crippen LogP contribution in [0, 0.1) is 0 Å². The Morgan fingerprint density at radius 3 is 1.43 bits per heavy atom. The molecule has 0 bridgehead atoms. The first-order valence-corrected chi connectivity index (χ1v) is 35.8. The zero-order valence-corrected chi connectivity index (χ0v) is 55.7. The zero-order chi connectivity index (χ0) is 65.5. The number of thiophene rings is 2. The Bertz CT molecular complexity index is 6110. The molecule has 0 unspecified atom stereocenters. The van der Waals surface area contributed by atoms with Crippen molar-refractivity contribution in [2.45, 2.75) is 0 Å². The maximum Gasteiger partial charge on any atom is 0.256 e. The molecular weight excluding hydrogens is 1250 g/mol. The third kappa shape index (κ3) is 8.64. The Hall–Kier alpha value is -12.3. The number of hydrogen-bond donors (Lipinski definition) is 0. The van der Waals surface area contributed by atoms with Gasteiger partial charge in [-0.2, -0.15) is 0 Å². The fraction of sp³-hybridized carbons (Fsp3) is 0. The van der Waals surface area contributed by atoms with Crippen LogP contribution in [0.4, 0.5) is 85.3 Å². The van der Waals surface area contributed by atoms with Crippen LogP contribution in [0.3, 0.4) is 0 Å². The van der Waals surface area contributed by atoms with Crippen LogP contribution in [0.1, 0.15) is 0 Å². The lowest BCUT2D eigenvalue weighted by atomic mass is 9.30. The number of ether oxygens (including phenoxy) is 1. The second-order valence-electron chi connectivity index (χ2n) is 26.2. The highest BCUT2D eigenvalue weighted by atomic mass is 32.1. The van der Waals surface area contributed by atoms with Gasteiger partial charge in [-0.3, -0.25) is 0 Å². The van der Waals surface area contributed by atoms with Gasteiger partial charge in [0.05, 0.1) is 28.4 Å². The van der Waals surface area contributed by atoms with E-state index in [-0.39, 0.29) is 13.4 Å². The summed E-state index contributed by atoms with van der Waals surface area (Å²) in [6.07, 6.45) is 0. The van der Waals surface area contributed by atoms with Crippen molar-refractivity contribution < 1.29 is 4.74 Å². The maximum atomic E-state index is 7.52. The summed E-state index contributed by atoms with van der Waals surface area (Å²) in [7, 11) is 0. The Morgan fingerprint density at radius 2 is 0.740 bits per heavy atom. The van der Waals surface area contributed by atoms with Crippen LogP contribution in [0.2, 0.25) is 0 Å². The van der Waals surface area contributed by atoms with E-state index in [4.69, 9.17) is 4.74 Å². The largest absolute Gasteiger partial charge is 0.458 e. The minimum absolute atomic E-state index is 0.217. The summed E-state index contributed by atoms with van der Waals surface area (Å²) in [5.74, 6) is 1.68. The first-order valence-electron chi connectivity index (χ1n) is 34.2. The topological polar surface area (TPSA) is 25.4 Å². The second-order valence-corrected chi connectivity index (χ2v) is 28.4. The van der Waals surface area contributed by atoms with Crippen molar-refractivity contribution in [3.8, 4) is 22.6 Å². The van der Waals surface area contributed by atoms with E-state index in [0.717, 1.165) is 119 Å². The molecule has 0 spiro atoms. The molecule has 4 aliphatic heterocycles. The van der Waals surface area contributed by atoms with Gasteiger partial charge in [0, 0.05) is 109 Å². The standard InChI is InChI=1S/C90H57B2N5OS2/c1-6-28-58(29-7-1)65-38-16-21-43-72(65)96-77-57-76-70(56-71(77)92-69-42-20-23-47-81(69)98-82-55-64(54-80(96)90(82)92)94(61-34-12-4-13-35-61)74-45-26-50-85-87(74)66-39-17-24-48-83(66)99-85)91-68-41-19-22-44-73(68)97(75-46-27-51-86-88(75)67-40-18-25-49-84(67)100-86)79-53-63(52-78(89(79)91)95(76)62-36-14-5-15-37-62)93(59-30-8-2-9-31-59)60-32-10-3-11-33-60/h1-57H. The summed E-state index contributed by atoms with van der Waals surface area (Å²) < 4.78 is 12.5. The second kappa shape index (κ2) is 22.6. The molecule has 17 aromatic rings. The van der Waals surface area contributed by atoms with Gasteiger partial charge >= 0.3 is 0 Å². The summed E-state index contributed by atoms with van der Waals surface area (Å²) in [5, 5.41) is 4.96. The average molecular weight is 1310 g/mol. The number of fused-ring (bicyclic) bond motifs is 14. The van der Waals surface area contributed by atoms with E-state index in [2.05, 4.69) is 370 Å². The van der Waals surface area contributed by atoms with E-state index < -0.39 is 0 Å². The van der Waals surface area contributed by atoms with Gasteiger partial charge in [0.15, 0.2) is 0 Å². The van der Waals surface area contributed by atoms with Crippen molar-refractivity contribution in [2.24, 2.45) is 0 Å². The van der Waals surface area contributed by atoms with Gasteiger partial charge in [-0.1, -0.05) is 212 Å². The molecule has 21 rings (SSSR count). The Balaban J connectivity index is 0.885. The molecule has 0 amide bonds. The van der Waals surface area contributed by atoms with Crippen LogP contribution in [0.5, 0.6) is 11.5 Å². The number of anilines is 15. The lowest BCUT2D eigenvalue weighted by Gasteiger charge is -2.47. The van der Waals surface area contributed by atoms with Crippen LogP contribution in [-0.2, 0) is 0 Å². The highest BCUT2D eigenvalue weighted by molar-refractivity contribution is 7.26. The number of para-hydroxylation sites is 7. The van der Waals surface area contributed by atoms with Crippen molar-refractivity contribution in [3.05, 3.63) is 346 Å². The van der Waals surface area contributed by atoms with Crippen LogP contribution in [0.25, 0.3) is 51.5 Å². The Labute approximate surface area is 588 Å². The molecule has 0 atom stereocenters. The molecule has 2 aromatic heterocycles. The van der Waals surface area contributed by atoms with Gasteiger partial charge < -0.3 is 29.2 Å². The molecule has 6 heterocycles. The lowest BCUT2D eigenvalue weighted by Crippen LogP contribution is -2.64. The molecule has 0 N–H and O–H groups in total. The minimum Gasteiger partial charge on any atom is -0.458 e. The van der Waals surface area contributed by atoms with Crippen molar-refractivity contribution in [1.29, 1.82) is 0 Å². The van der Waals surface area contributed by atoms with E-state index in [1.54, 1.807) is 0 Å². The summed E-state index contributed by atoms with van der Waals surface area (Å²) in [6.45, 7) is -0.455. The zero-order valence-electron chi connectivity index (χ0n) is 54.0. The molecule has 10 heteroatoms. The Morgan fingerprint density at radius 1 is 0.270 bits per heavy atom. The SMILES string of the molecule is c1ccc(-c2ccccc2N2c3cc4c(cc3B3c5ccccc5Oc5cc(N(c6ccccc6)c6cccc7sc8ccccc8c67)cc2c53)B2c3ccccc3N(c3cccc5sc6ccccc6c35)c3cc(N(c5ccccc5)c5ccccc5)cc(c32)N4c2ccccc2)cc1.